The van der Waals surface area contributed by atoms with Crippen LogP contribution in [0.1, 0.15) is 23.2 Å². The molecule has 1 fully saturated rings. The van der Waals surface area contributed by atoms with Crippen molar-refractivity contribution in [3.05, 3.63) is 69.2 Å². The van der Waals surface area contributed by atoms with Crippen LogP contribution in [0.4, 0.5) is 11.4 Å². The molecule has 1 heterocycles. The number of rotatable bonds is 4. The van der Waals surface area contributed by atoms with Gasteiger partial charge in [0.15, 0.2) is 0 Å². The van der Waals surface area contributed by atoms with Gasteiger partial charge in [-0.3, -0.25) is 14.9 Å². The van der Waals surface area contributed by atoms with Crippen LogP contribution in [0.25, 0.3) is 0 Å². The van der Waals surface area contributed by atoms with E-state index in [9.17, 15) is 14.9 Å². The highest BCUT2D eigenvalue weighted by atomic mass is 35.5. The molecule has 25 heavy (non-hydrogen) atoms. The molecule has 0 radical (unpaired) electrons. The van der Waals surface area contributed by atoms with Gasteiger partial charge in [0.25, 0.3) is 11.6 Å². The highest BCUT2D eigenvalue weighted by Gasteiger charge is 2.28. The summed E-state index contributed by atoms with van der Waals surface area (Å²) < 4.78 is 0. The van der Waals surface area contributed by atoms with Crippen molar-refractivity contribution in [2.24, 2.45) is 0 Å². The molecule has 1 saturated heterocycles. The molecule has 1 aliphatic rings. The van der Waals surface area contributed by atoms with Crippen molar-refractivity contribution in [3.8, 4) is 0 Å². The third-order valence-electron chi connectivity index (χ3n) is 4.35. The Labute approximate surface area is 150 Å². The number of para-hydroxylation sites is 2. The largest absolute Gasteiger partial charge is 0.381 e. The average molecular weight is 360 g/mol. The molecule has 1 amide bonds. The third kappa shape index (κ3) is 3.91. The van der Waals surface area contributed by atoms with Gasteiger partial charge in [-0.05, 0) is 31.0 Å². The Morgan fingerprint density at radius 2 is 1.76 bits per heavy atom. The number of nitrogens with one attached hydrogen (secondary N) is 1. The van der Waals surface area contributed by atoms with Gasteiger partial charge in [-0.2, -0.15) is 0 Å². The van der Waals surface area contributed by atoms with Crippen LogP contribution in [0.2, 0.25) is 5.02 Å². The van der Waals surface area contributed by atoms with E-state index in [4.69, 9.17) is 11.6 Å². The lowest BCUT2D eigenvalue weighted by Gasteiger charge is -2.33. The number of halogens is 1. The van der Waals surface area contributed by atoms with Crippen LogP contribution in [0.15, 0.2) is 48.5 Å². The van der Waals surface area contributed by atoms with Gasteiger partial charge in [-0.1, -0.05) is 35.9 Å². The SMILES string of the molecule is O=C(c1ccccc1[N+](=O)[O-])N1CCC(Nc2ccccc2Cl)CC1. The smallest absolute Gasteiger partial charge is 0.282 e. The minimum Gasteiger partial charge on any atom is -0.381 e. The van der Waals surface area contributed by atoms with Crippen LogP contribution >= 0.6 is 11.6 Å². The number of hydrogen-bond donors (Lipinski definition) is 1. The van der Waals surface area contributed by atoms with E-state index in [0.29, 0.717) is 18.1 Å². The van der Waals surface area contributed by atoms with E-state index in [1.807, 2.05) is 24.3 Å². The van der Waals surface area contributed by atoms with Crippen LogP contribution in [0.5, 0.6) is 0 Å². The Balaban J connectivity index is 1.64. The number of amides is 1. The molecule has 7 heteroatoms. The van der Waals surface area contributed by atoms with Gasteiger partial charge in [0.05, 0.1) is 15.6 Å². The molecular formula is C18H18ClN3O3. The zero-order chi connectivity index (χ0) is 17.8. The minimum absolute atomic E-state index is 0.144. The van der Waals surface area contributed by atoms with Crippen LogP contribution < -0.4 is 5.32 Å². The lowest BCUT2D eigenvalue weighted by Crippen LogP contribution is -2.42. The number of benzene rings is 2. The quantitative estimate of drug-likeness (QED) is 0.662. The number of piperidine rings is 1. The van der Waals surface area contributed by atoms with Crippen molar-refractivity contribution >= 4 is 28.9 Å². The van der Waals surface area contributed by atoms with E-state index in [1.54, 1.807) is 17.0 Å². The minimum atomic E-state index is -0.515. The van der Waals surface area contributed by atoms with Crippen LogP contribution in [-0.4, -0.2) is 34.9 Å². The summed E-state index contributed by atoms with van der Waals surface area (Å²) in [4.78, 5) is 24.9. The van der Waals surface area contributed by atoms with Crippen molar-refractivity contribution in [3.63, 3.8) is 0 Å². The fourth-order valence-corrected chi connectivity index (χ4v) is 3.20. The van der Waals surface area contributed by atoms with Crippen molar-refractivity contribution in [2.75, 3.05) is 18.4 Å². The Bertz CT molecular complexity index is 789. The molecule has 0 aromatic heterocycles. The van der Waals surface area contributed by atoms with Crippen molar-refractivity contribution in [2.45, 2.75) is 18.9 Å². The van der Waals surface area contributed by atoms with E-state index in [2.05, 4.69) is 5.32 Å². The monoisotopic (exact) mass is 359 g/mol. The second-order valence-corrected chi connectivity index (χ2v) is 6.37. The Hall–Kier alpha value is -2.60. The topological polar surface area (TPSA) is 75.5 Å². The van der Waals surface area contributed by atoms with Crippen LogP contribution in [-0.2, 0) is 0 Å². The third-order valence-corrected chi connectivity index (χ3v) is 4.68. The van der Waals surface area contributed by atoms with E-state index >= 15 is 0 Å². The normalized spacial score (nSPS) is 15.0. The first-order valence-electron chi connectivity index (χ1n) is 8.10. The van der Waals surface area contributed by atoms with Crippen molar-refractivity contribution in [1.82, 2.24) is 4.90 Å². The average Bonchev–Trinajstić information content (AvgIpc) is 2.63. The molecule has 6 nitrogen and oxygen atoms in total. The molecule has 1 aliphatic heterocycles. The maximum atomic E-state index is 12.6. The summed E-state index contributed by atoms with van der Waals surface area (Å²) in [5.74, 6) is -0.288. The standard InChI is InChI=1S/C18H18ClN3O3/c19-15-6-2-3-7-16(15)20-13-9-11-21(12-10-13)18(23)14-5-1-4-8-17(14)22(24)25/h1-8,13,20H,9-12H2. The van der Waals surface area contributed by atoms with E-state index < -0.39 is 4.92 Å². The fraction of sp³-hybridized carbons (Fsp3) is 0.278. The Morgan fingerprint density at radius 1 is 1.12 bits per heavy atom. The Kier molecular flexibility index (Phi) is 5.19. The zero-order valence-corrected chi connectivity index (χ0v) is 14.3. The van der Waals surface area contributed by atoms with Gasteiger partial charge in [-0.25, -0.2) is 0 Å². The van der Waals surface area contributed by atoms with Gasteiger partial charge >= 0.3 is 0 Å². The van der Waals surface area contributed by atoms with E-state index in [-0.39, 0.29) is 23.2 Å². The number of anilines is 1. The predicted molar refractivity (Wildman–Crippen MR) is 97.1 cm³/mol. The highest BCUT2D eigenvalue weighted by Crippen LogP contribution is 2.25. The number of carbonyl (C=O) groups excluding carboxylic acids is 1. The summed E-state index contributed by atoms with van der Waals surface area (Å²) in [6.07, 6.45) is 1.52. The lowest BCUT2D eigenvalue weighted by molar-refractivity contribution is -0.385. The number of nitro groups is 1. The van der Waals surface area contributed by atoms with Gasteiger partial charge in [0, 0.05) is 25.2 Å². The van der Waals surface area contributed by atoms with Crippen molar-refractivity contribution < 1.29 is 9.72 Å². The number of likely N-dealkylation sites (tertiary alicyclic amines) is 1. The molecule has 3 rings (SSSR count). The summed E-state index contributed by atoms with van der Waals surface area (Å²) in [5, 5.41) is 15.2. The van der Waals surface area contributed by atoms with Gasteiger partial charge < -0.3 is 10.2 Å². The van der Waals surface area contributed by atoms with Crippen molar-refractivity contribution in [1.29, 1.82) is 0 Å². The fourth-order valence-electron chi connectivity index (χ4n) is 3.01. The molecule has 2 aromatic carbocycles. The summed E-state index contributed by atoms with van der Waals surface area (Å²) in [7, 11) is 0. The number of nitro benzene ring substituents is 1. The molecule has 0 atom stereocenters. The molecular weight excluding hydrogens is 342 g/mol. The molecule has 130 valence electrons. The Morgan fingerprint density at radius 3 is 2.44 bits per heavy atom. The summed E-state index contributed by atoms with van der Waals surface area (Å²) >= 11 is 6.16. The van der Waals surface area contributed by atoms with E-state index in [0.717, 1.165) is 18.5 Å². The molecule has 2 aromatic rings. The van der Waals surface area contributed by atoms with Gasteiger partial charge in [-0.15, -0.1) is 0 Å². The summed E-state index contributed by atoms with van der Waals surface area (Å²) in [5.41, 5.74) is 0.876. The molecule has 0 bridgehead atoms. The first-order valence-corrected chi connectivity index (χ1v) is 8.48. The second kappa shape index (κ2) is 7.53. The van der Waals surface area contributed by atoms with Crippen LogP contribution in [0, 0.1) is 10.1 Å². The maximum absolute atomic E-state index is 12.6. The summed E-state index contributed by atoms with van der Waals surface area (Å²) in [6, 6.07) is 13.8. The number of nitrogens with zero attached hydrogens (tertiary/aromatic N) is 2. The number of hydrogen-bond acceptors (Lipinski definition) is 4. The molecule has 0 aliphatic carbocycles. The van der Waals surface area contributed by atoms with Crippen LogP contribution in [0.3, 0.4) is 0 Å². The van der Waals surface area contributed by atoms with Gasteiger partial charge in [0.2, 0.25) is 0 Å². The first kappa shape index (κ1) is 17.2. The zero-order valence-electron chi connectivity index (χ0n) is 13.5. The first-order chi connectivity index (χ1) is 12.1. The molecule has 0 saturated carbocycles. The highest BCUT2D eigenvalue weighted by molar-refractivity contribution is 6.33. The molecule has 0 spiro atoms. The predicted octanol–water partition coefficient (Wildman–Crippen LogP) is 3.96. The van der Waals surface area contributed by atoms with E-state index in [1.165, 1.54) is 12.1 Å². The lowest BCUT2D eigenvalue weighted by atomic mass is 10.0. The van der Waals surface area contributed by atoms with Gasteiger partial charge in [0.1, 0.15) is 5.56 Å². The maximum Gasteiger partial charge on any atom is 0.282 e. The molecule has 1 N–H and O–H groups in total. The summed E-state index contributed by atoms with van der Waals surface area (Å²) in [6.45, 7) is 1.10. The second-order valence-electron chi connectivity index (χ2n) is 5.96. The number of carbonyl (C=O) groups is 1. The molecule has 0 unspecified atom stereocenters.